The molecule has 0 aliphatic carbocycles. The Morgan fingerprint density at radius 1 is 1.19 bits per heavy atom. The summed E-state index contributed by atoms with van der Waals surface area (Å²) >= 11 is 6.22. The summed E-state index contributed by atoms with van der Waals surface area (Å²) < 4.78 is 10.7. The minimum atomic E-state index is 0.00695. The second-order valence-corrected chi connectivity index (χ2v) is 7.15. The number of pyridine rings is 1. The van der Waals surface area contributed by atoms with E-state index in [1.807, 2.05) is 23.1 Å². The topological polar surface area (TPSA) is 51.7 Å². The van der Waals surface area contributed by atoms with E-state index in [9.17, 15) is 4.79 Å². The van der Waals surface area contributed by atoms with Gasteiger partial charge in [0.25, 0.3) is 0 Å². The number of benzene rings is 1. The SMILES string of the molecule is O=C(/C=C/c1cc(Cl)c2c(c1)OCO2)N1CCCCCC1c1ccncc1. The molecule has 140 valence electrons. The molecule has 0 N–H and O–H groups in total. The van der Waals surface area contributed by atoms with Crippen LogP contribution < -0.4 is 9.47 Å². The fraction of sp³-hybridized carbons (Fsp3) is 0.333. The number of fused-ring (bicyclic) bond motifs is 1. The number of likely N-dealkylation sites (tertiary alicyclic amines) is 1. The van der Waals surface area contributed by atoms with Crippen LogP contribution in [0.3, 0.4) is 0 Å². The molecule has 1 unspecified atom stereocenters. The number of hydrogen-bond donors (Lipinski definition) is 0. The first-order chi connectivity index (χ1) is 13.2. The molecule has 27 heavy (non-hydrogen) atoms. The summed E-state index contributed by atoms with van der Waals surface area (Å²) in [7, 11) is 0. The van der Waals surface area contributed by atoms with Gasteiger partial charge < -0.3 is 14.4 Å². The molecule has 2 aromatic rings. The van der Waals surface area contributed by atoms with Crippen molar-refractivity contribution in [3.05, 3.63) is 58.9 Å². The molecule has 1 fully saturated rings. The van der Waals surface area contributed by atoms with Gasteiger partial charge in [-0.25, -0.2) is 0 Å². The average molecular weight is 385 g/mol. The smallest absolute Gasteiger partial charge is 0.247 e. The molecule has 1 aromatic heterocycles. The van der Waals surface area contributed by atoms with Gasteiger partial charge in [-0.3, -0.25) is 9.78 Å². The Bertz CT molecular complexity index is 854. The normalized spacial score (nSPS) is 19.3. The average Bonchev–Trinajstić information content (AvgIpc) is 3.03. The zero-order chi connectivity index (χ0) is 18.6. The van der Waals surface area contributed by atoms with Crippen LogP contribution in [-0.2, 0) is 4.79 Å². The van der Waals surface area contributed by atoms with E-state index in [1.165, 1.54) is 0 Å². The van der Waals surface area contributed by atoms with Crippen LogP contribution in [0.4, 0.5) is 0 Å². The van der Waals surface area contributed by atoms with Crippen molar-refractivity contribution >= 4 is 23.6 Å². The molecule has 1 aromatic carbocycles. The Kier molecular flexibility index (Phi) is 5.30. The van der Waals surface area contributed by atoms with Gasteiger partial charge in [0.05, 0.1) is 11.1 Å². The fourth-order valence-electron chi connectivity index (χ4n) is 3.65. The van der Waals surface area contributed by atoms with Crippen LogP contribution in [0.2, 0.25) is 5.02 Å². The molecular weight excluding hydrogens is 364 g/mol. The van der Waals surface area contributed by atoms with E-state index in [1.54, 1.807) is 30.6 Å². The van der Waals surface area contributed by atoms with E-state index in [0.29, 0.717) is 16.5 Å². The quantitative estimate of drug-likeness (QED) is 0.724. The Labute approximate surface area is 163 Å². The maximum absolute atomic E-state index is 13.0. The van der Waals surface area contributed by atoms with Crippen molar-refractivity contribution in [1.29, 1.82) is 0 Å². The molecule has 5 nitrogen and oxygen atoms in total. The van der Waals surface area contributed by atoms with Gasteiger partial charge in [0.2, 0.25) is 12.7 Å². The number of amides is 1. The number of aromatic nitrogens is 1. The first kappa shape index (κ1) is 17.9. The first-order valence-corrected chi connectivity index (χ1v) is 9.58. The summed E-state index contributed by atoms with van der Waals surface area (Å²) in [6.07, 6.45) is 11.2. The predicted octanol–water partition coefficient (Wildman–Crippen LogP) is 4.62. The van der Waals surface area contributed by atoms with E-state index in [0.717, 1.165) is 43.4 Å². The summed E-state index contributed by atoms with van der Waals surface area (Å²) in [5.74, 6) is 1.18. The molecule has 2 aliphatic rings. The number of halogens is 1. The van der Waals surface area contributed by atoms with Crippen molar-refractivity contribution < 1.29 is 14.3 Å². The van der Waals surface area contributed by atoms with Crippen LogP contribution in [0.25, 0.3) is 6.08 Å². The minimum absolute atomic E-state index is 0.00695. The predicted molar refractivity (Wildman–Crippen MR) is 104 cm³/mol. The van der Waals surface area contributed by atoms with Crippen molar-refractivity contribution in [1.82, 2.24) is 9.88 Å². The zero-order valence-corrected chi connectivity index (χ0v) is 15.7. The second kappa shape index (κ2) is 8.01. The minimum Gasteiger partial charge on any atom is -0.454 e. The Hall–Kier alpha value is -2.53. The van der Waals surface area contributed by atoms with E-state index < -0.39 is 0 Å². The third kappa shape index (κ3) is 3.93. The maximum Gasteiger partial charge on any atom is 0.247 e. The van der Waals surface area contributed by atoms with Gasteiger partial charge >= 0.3 is 0 Å². The fourth-order valence-corrected chi connectivity index (χ4v) is 3.92. The van der Waals surface area contributed by atoms with Crippen LogP contribution in [0.1, 0.15) is 42.9 Å². The Morgan fingerprint density at radius 2 is 2.04 bits per heavy atom. The zero-order valence-electron chi connectivity index (χ0n) is 14.9. The molecule has 2 aliphatic heterocycles. The van der Waals surface area contributed by atoms with Crippen molar-refractivity contribution in [3.63, 3.8) is 0 Å². The third-order valence-corrected chi connectivity index (χ3v) is 5.28. The van der Waals surface area contributed by atoms with E-state index >= 15 is 0 Å². The number of nitrogens with zero attached hydrogens (tertiary/aromatic N) is 2. The highest BCUT2D eigenvalue weighted by atomic mass is 35.5. The van der Waals surface area contributed by atoms with E-state index in [2.05, 4.69) is 4.98 Å². The Balaban J connectivity index is 1.55. The van der Waals surface area contributed by atoms with Crippen LogP contribution in [0.15, 0.2) is 42.7 Å². The molecular formula is C21H21ClN2O3. The van der Waals surface area contributed by atoms with Crippen molar-refractivity contribution in [2.75, 3.05) is 13.3 Å². The summed E-state index contributed by atoms with van der Waals surface area (Å²) in [6.45, 7) is 0.931. The van der Waals surface area contributed by atoms with Gasteiger partial charge in [0.15, 0.2) is 11.5 Å². The summed E-state index contributed by atoms with van der Waals surface area (Å²) in [5.41, 5.74) is 1.95. The largest absolute Gasteiger partial charge is 0.454 e. The van der Waals surface area contributed by atoms with Crippen molar-refractivity contribution in [3.8, 4) is 11.5 Å². The number of carbonyl (C=O) groups is 1. The van der Waals surface area contributed by atoms with Crippen molar-refractivity contribution in [2.45, 2.75) is 31.7 Å². The van der Waals surface area contributed by atoms with Crippen LogP contribution in [0, 0.1) is 0 Å². The highest BCUT2D eigenvalue weighted by molar-refractivity contribution is 6.32. The van der Waals surface area contributed by atoms with E-state index in [-0.39, 0.29) is 18.7 Å². The summed E-state index contributed by atoms with van der Waals surface area (Å²) in [4.78, 5) is 19.0. The van der Waals surface area contributed by atoms with Crippen molar-refractivity contribution in [2.24, 2.45) is 0 Å². The van der Waals surface area contributed by atoms with Gasteiger partial charge in [-0.05, 0) is 54.3 Å². The molecule has 1 atom stereocenters. The Morgan fingerprint density at radius 3 is 2.89 bits per heavy atom. The lowest BCUT2D eigenvalue weighted by Gasteiger charge is -2.29. The molecule has 0 saturated carbocycles. The molecule has 0 radical (unpaired) electrons. The highest BCUT2D eigenvalue weighted by Crippen LogP contribution is 2.40. The molecule has 0 bridgehead atoms. The van der Waals surface area contributed by atoms with Crippen LogP contribution in [0.5, 0.6) is 11.5 Å². The molecule has 6 heteroatoms. The van der Waals surface area contributed by atoms with Gasteiger partial charge in [-0.1, -0.05) is 24.4 Å². The van der Waals surface area contributed by atoms with E-state index in [4.69, 9.17) is 21.1 Å². The lowest BCUT2D eigenvalue weighted by atomic mass is 10.0. The third-order valence-electron chi connectivity index (χ3n) is 4.99. The molecule has 3 heterocycles. The van der Waals surface area contributed by atoms with Gasteiger partial charge in [-0.2, -0.15) is 0 Å². The first-order valence-electron chi connectivity index (χ1n) is 9.20. The molecule has 0 spiro atoms. The lowest BCUT2D eigenvalue weighted by Crippen LogP contribution is -2.33. The number of hydrogen-bond acceptors (Lipinski definition) is 4. The molecule has 1 amide bonds. The molecule has 4 rings (SSSR count). The maximum atomic E-state index is 13.0. The van der Waals surface area contributed by atoms with Gasteiger partial charge in [0.1, 0.15) is 0 Å². The monoisotopic (exact) mass is 384 g/mol. The summed E-state index contributed by atoms with van der Waals surface area (Å²) in [6, 6.07) is 7.70. The van der Waals surface area contributed by atoms with Crippen LogP contribution >= 0.6 is 11.6 Å². The number of ether oxygens (including phenoxy) is 2. The standard InChI is InChI=1S/C21H21ClN2O3/c22-17-12-15(13-19-21(17)27-14-26-19)5-6-20(25)24-11-3-1-2-4-18(24)16-7-9-23-10-8-16/h5-10,12-13,18H,1-4,11,14H2/b6-5+. The number of carbonyl (C=O) groups excluding carboxylic acids is 1. The lowest BCUT2D eigenvalue weighted by molar-refractivity contribution is -0.128. The van der Waals surface area contributed by atoms with Gasteiger partial charge in [-0.15, -0.1) is 0 Å². The highest BCUT2D eigenvalue weighted by Gasteiger charge is 2.25. The summed E-state index contributed by atoms with van der Waals surface area (Å²) in [5, 5.41) is 0.488. The van der Waals surface area contributed by atoms with Gasteiger partial charge in [0, 0.05) is 25.0 Å². The van der Waals surface area contributed by atoms with Crippen LogP contribution in [-0.4, -0.2) is 29.1 Å². The second-order valence-electron chi connectivity index (χ2n) is 6.75. The molecule has 1 saturated heterocycles. The number of rotatable bonds is 3.